The highest BCUT2D eigenvalue weighted by atomic mass is 16.5. The Hall–Kier alpha value is -3.55. The number of hydrogen-bond donors (Lipinski definition) is 2. The van der Waals surface area contributed by atoms with Crippen molar-refractivity contribution in [1.82, 2.24) is 10.7 Å². The molecule has 0 bridgehead atoms. The number of nitrogens with one attached hydrogen (secondary N) is 2. The molecule has 29 heavy (non-hydrogen) atoms. The van der Waals surface area contributed by atoms with E-state index in [0.717, 1.165) is 5.56 Å². The van der Waals surface area contributed by atoms with Crippen LogP contribution < -0.4 is 25.0 Å². The molecule has 2 N–H and O–H groups in total. The summed E-state index contributed by atoms with van der Waals surface area (Å²) in [4.78, 5) is 24.8. The molecule has 2 atom stereocenters. The van der Waals surface area contributed by atoms with Crippen LogP contribution in [0.5, 0.6) is 17.2 Å². The smallest absolute Gasteiger partial charge is 0.253 e. The first-order chi connectivity index (χ1) is 14.1. The second kappa shape index (κ2) is 9.09. The molecular weight excluding hydrogens is 374 g/mol. The fraction of sp³-hybridized carbons (Fsp3) is 0.286. The van der Waals surface area contributed by atoms with Crippen LogP contribution in [0.2, 0.25) is 0 Å². The van der Waals surface area contributed by atoms with Gasteiger partial charge in [-0.05, 0) is 17.7 Å². The van der Waals surface area contributed by atoms with Crippen LogP contribution in [0.15, 0.2) is 47.6 Å². The molecule has 1 aliphatic rings. The lowest BCUT2D eigenvalue weighted by Gasteiger charge is -2.15. The van der Waals surface area contributed by atoms with E-state index in [0.29, 0.717) is 29.4 Å². The molecule has 3 rings (SSSR count). The van der Waals surface area contributed by atoms with Gasteiger partial charge in [-0.2, -0.15) is 5.10 Å². The van der Waals surface area contributed by atoms with Crippen LogP contribution >= 0.6 is 0 Å². The van der Waals surface area contributed by atoms with Gasteiger partial charge in [0.15, 0.2) is 11.5 Å². The highest BCUT2D eigenvalue weighted by molar-refractivity contribution is 6.03. The number of ether oxygens (including phenoxy) is 3. The van der Waals surface area contributed by atoms with E-state index in [1.165, 1.54) is 27.5 Å². The number of benzene rings is 2. The average Bonchev–Trinajstić information content (AvgIpc) is 3.14. The molecule has 2 aromatic rings. The summed E-state index contributed by atoms with van der Waals surface area (Å²) in [6.45, 7) is 0.414. The molecule has 1 saturated heterocycles. The zero-order valence-corrected chi connectivity index (χ0v) is 16.5. The van der Waals surface area contributed by atoms with Crippen molar-refractivity contribution in [3.63, 3.8) is 0 Å². The maximum absolute atomic E-state index is 12.6. The number of methoxy groups -OCH3 is 3. The fourth-order valence-electron chi connectivity index (χ4n) is 3.35. The summed E-state index contributed by atoms with van der Waals surface area (Å²) in [6, 6.07) is 12.9. The fourth-order valence-corrected chi connectivity index (χ4v) is 3.35. The van der Waals surface area contributed by atoms with Crippen molar-refractivity contribution >= 4 is 18.0 Å². The molecule has 2 aromatic carbocycles. The molecule has 0 aromatic heterocycles. The summed E-state index contributed by atoms with van der Waals surface area (Å²) < 4.78 is 15.9. The van der Waals surface area contributed by atoms with E-state index >= 15 is 0 Å². The molecule has 0 spiro atoms. The Kier molecular flexibility index (Phi) is 6.33. The van der Waals surface area contributed by atoms with E-state index in [2.05, 4.69) is 15.8 Å². The summed E-state index contributed by atoms with van der Waals surface area (Å²) in [5.74, 6) is -0.436. The Morgan fingerprint density at radius 2 is 1.76 bits per heavy atom. The van der Waals surface area contributed by atoms with E-state index in [-0.39, 0.29) is 11.8 Å². The summed E-state index contributed by atoms with van der Waals surface area (Å²) in [6.07, 6.45) is 1.45. The second-order valence-corrected chi connectivity index (χ2v) is 6.43. The third-order valence-corrected chi connectivity index (χ3v) is 4.77. The molecule has 8 heteroatoms. The van der Waals surface area contributed by atoms with Crippen LogP contribution in [0.1, 0.15) is 17.0 Å². The molecule has 2 amide bonds. The number of carbonyl (C=O) groups excluding carboxylic acids is 2. The van der Waals surface area contributed by atoms with Crippen molar-refractivity contribution in [2.75, 3.05) is 27.9 Å². The van der Waals surface area contributed by atoms with Crippen molar-refractivity contribution in [2.45, 2.75) is 5.92 Å². The zero-order valence-electron chi connectivity index (χ0n) is 16.5. The molecule has 1 fully saturated rings. The van der Waals surface area contributed by atoms with Crippen LogP contribution in [-0.4, -0.2) is 45.9 Å². The van der Waals surface area contributed by atoms with Crippen LogP contribution in [0.4, 0.5) is 0 Å². The van der Waals surface area contributed by atoms with Crippen LogP contribution in [0.25, 0.3) is 0 Å². The van der Waals surface area contributed by atoms with Gasteiger partial charge in [-0.3, -0.25) is 9.59 Å². The Bertz CT molecular complexity index is 889. The Morgan fingerprint density at radius 3 is 2.34 bits per heavy atom. The molecule has 152 valence electrons. The van der Waals surface area contributed by atoms with Crippen molar-refractivity contribution < 1.29 is 23.8 Å². The highest BCUT2D eigenvalue weighted by Gasteiger charge is 2.40. The third kappa shape index (κ3) is 4.31. The molecule has 0 aliphatic carbocycles. The predicted molar refractivity (Wildman–Crippen MR) is 108 cm³/mol. The first kappa shape index (κ1) is 20.2. The van der Waals surface area contributed by atoms with Crippen LogP contribution in [-0.2, 0) is 9.59 Å². The minimum Gasteiger partial charge on any atom is -0.493 e. The SMILES string of the molecule is COc1cc(/C=N\NC(=O)C2C(=O)NCC2c2ccccc2)cc(OC)c1OC. The van der Waals surface area contributed by atoms with E-state index in [9.17, 15) is 9.59 Å². The second-order valence-electron chi connectivity index (χ2n) is 6.43. The Balaban J connectivity index is 1.74. The lowest BCUT2D eigenvalue weighted by molar-refractivity contribution is -0.133. The topological polar surface area (TPSA) is 98.2 Å². The molecule has 8 nitrogen and oxygen atoms in total. The van der Waals surface area contributed by atoms with Gasteiger partial charge in [0, 0.05) is 18.0 Å². The number of amides is 2. The zero-order chi connectivity index (χ0) is 20.8. The number of carbonyl (C=O) groups is 2. The van der Waals surface area contributed by atoms with Gasteiger partial charge >= 0.3 is 0 Å². The highest BCUT2D eigenvalue weighted by Crippen LogP contribution is 2.37. The van der Waals surface area contributed by atoms with Gasteiger partial charge in [0.1, 0.15) is 5.92 Å². The minimum absolute atomic E-state index is 0.236. The van der Waals surface area contributed by atoms with Gasteiger partial charge in [0.05, 0.1) is 27.5 Å². The largest absolute Gasteiger partial charge is 0.493 e. The van der Waals surface area contributed by atoms with Crippen LogP contribution in [0, 0.1) is 5.92 Å². The van der Waals surface area contributed by atoms with E-state index < -0.39 is 11.8 Å². The number of hydrogen-bond acceptors (Lipinski definition) is 6. The normalized spacial score (nSPS) is 18.4. The number of nitrogens with zero attached hydrogens (tertiary/aromatic N) is 1. The minimum atomic E-state index is -0.838. The van der Waals surface area contributed by atoms with Crippen molar-refractivity contribution in [2.24, 2.45) is 11.0 Å². The van der Waals surface area contributed by atoms with Crippen molar-refractivity contribution in [3.8, 4) is 17.2 Å². The van der Waals surface area contributed by atoms with E-state index in [1.807, 2.05) is 30.3 Å². The average molecular weight is 397 g/mol. The van der Waals surface area contributed by atoms with E-state index in [4.69, 9.17) is 14.2 Å². The van der Waals surface area contributed by atoms with E-state index in [1.54, 1.807) is 12.1 Å². The first-order valence-corrected chi connectivity index (χ1v) is 9.04. The Morgan fingerprint density at radius 1 is 1.10 bits per heavy atom. The van der Waals surface area contributed by atoms with Gasteiger partial charge in [-0.15, -0.1) is 0 Å². The summed E-state index contributed by atoms with van der Waals surface area (Å²) in [7, 11) is 4.55. The van der Waals surface area contributed by atoms with Gasteiger partial charge in [0.25, 0.3) is 5.91 Å². The third-order valence-electron chi connectivity index (χ3n) is 4.77. The number of rotatable bonds is 7. The lowest BCUT2D eigenvalue weighted by Crippen LogP contribution is -2.34. The lowest BCUT2D eigenvalue weighted by atomic mass is 9.88. The summed E-state index contributed by atoms with van der Waals surface area (Å²) >= 11 is 0. The number of hydrazone groups is 1. The summed E-state index contributed by atoms with van der Waals surface area (Å²) in [5, 5.41) is 6.75. The quantitative estimate of drug-likeness (QED) is 0.421. The first-order valence-electron chi connectivity index (χ1n) is 9.04. The Labute approximate surface area is 168 Å². The van der Waals surface area contributed by atoms with Crippen molar-refractivity contribution in [1.29, 1.82) is 0 Å². The molecule has 1 heterocycles. The molecule has 0 radical (unpaired) electrons. The molecule has 2 unspecified atom stereocenters. The van der Waals surface area contributed by atoms with Crippen molar-refractivity contribution in [3.05, 3.63) is 53.6 Å². The predicted octanol–water partition coefficient (Wildman–Crippen LogP) is 1.69. The monoisotopic (exact) mass is 397 g/mol. The van der Waals surface area contributed by atoms with Gasteiger partial charge in [-0.25, -0.2) is 5.43 Å². The van der Waals surface area contributed by atoms with Gasteiger partial charge in [-0.1, -0.05) is 30.3 Å². The van der Waals surface area contributed by atoms with Crippen LogP contribution in [0.3, 0.4) is 0 Å². The maximum Gasteiger partial charge on any atom is 0.253 e. The molecular formula is C21H23N3O5. The standard InChI is InChI=1S/C21H23N3O5/c1-27-16-9-13(10-17(28-2)19(16)29-3)11-23-24-21(26)18-15(12-22-20(18)25)14-7-5-4-6-8-14/h4-11,15,18H,12H2,1-3H3,(H,22,25)(H,24,26)/b23-11-. The molecule has 1 aliphatic heterocycles. The summed E-state index contributed by atoms with van der Waals surface area (Å²) in [5.41, 5.74) is 4.03. The molecule has 0 saturated carbocycles. The van der Waals surface area contributed by atoms with Gasteiger partial charge < -0.3 is 19.5 Å². The maximum atomic E-state index is 12.6. The van der Waals surface area contributed by atoms with Gasteiger partial charge in [0.2, 0.25) is 11.7 Å².